The van der Waals surface area contributed by atoms with E-state index in [2.05, 4.69) is 10.3 Å². The molecule has 1 fully saturated rings. The number of H-pyrrole nitrogens is 1. The maximum Gasteiger partial charge on any atom is 0.252 e. The Bertz CT molecular complexity index is 1340. The summed E-state index contributed by atoms with van der Waals surface area (Å²) >= 11 is 0. The van der Waals surface area contributed by atoms with Crippen LogP contribution >= 0.6 is 0 Å². The van der Waals surface area contributed by atoms with Gasteiger partial charge in [0.2, 0.25) is 15.6 Å². The number of nitrogens with one attached hydrogen (secondary N) is 2. The van der Waals surface area contributed by atoms with Crippen LogP contribution < -0.4 is 10.9 Å². The van der Waals surface area contributed by atoms with Gasteiger partial charge in [0.15, 0.2) is 0 Å². The van der Waals surface area contributed by atoms with Crippen molar-refractivity contribution < 1.29 is 13.2 Å². The van der Waals surface area contributed by atoms with Gasteiger partial charge in [-0.25, -0.2) is 8.42 Å². The van der Waals surface area contributed by atoms with Crippen LogP contribution in [0.25, 0.3) is 10.9 Å². The maximum absolute atomic E-state index is 13.3. The SMILES string of the molecule is C[C@@H]1CCCN(S(=O)(=O)c2ccc3[nH]c(=O)cc(C(=O)N[C@H](C)CCc4ccccc4)c3c2)C1. The van der Waals surface area contributed by atoms with E-state index >= 15 is 0 Å². The summed E-state index contributed by atoms with van der Waals surface area (Å²) < 4.78 is 28.1. The summed E-state index contributed by atoms with van der Waals surface area (Å²) in [6.45, 7) is 4.94. The molecule has 2 N–H and O–H groups in total. The molecule has 0 aliphatic carbocycles. The van der Waals surface area contributed by atoms with Gasteiger partial charge in [-0.1, -0.05) is 37.3 Å². The summed E-state index contributed by atoms with van der Waals surface area (Å²) in [5, 5.41) is 3.38. The highest BCUT2D eigenvalue weighted by molar-refractivity contribution is 7.89. The third-order valence-corrected chi connectivity index (χ3v) is 8.26. The second-order valence-electron chi connectivity index (χ2n) is 9.26. The van der Waals surface area contributed by atoms with Crippen molar-refractivity contribution in [1.29, 1.82) is 0 Å². The van der Waals surface area contributed by atoms with Crippen molar-refractivity contribution in [3.63, 3.8) is 0 Å². The highest BCUT2D eigenvalue weighted by Crippen LogP contribution is 2.26. The number of aromatic amines is 1. The first kappa shape index (κ1) is 24.2. The minimum Gasteiger partial charge on any atom is -0.350 e. The van der Waals surface area contributed by atoms with E-state index in [9.17, 15) is 18.0 Å². The van der Waals surface area contributed by atoms with Crippen molar-refractivity contribution in [2.24, 2.45) is 5.92 Å². The zero-order valence-electron chi connectivity index (χ0n) is 19.6. The number of carbonyl (C=O) groups is 1. The van der Waals surface area contributed by atoms with E-state index in [0.29, 0.717) is 29.9 Å². The molecule has 0 bridgehead atoms. The van der Waals surface area contributed by atoms with Crippen LogP contribution in [0.3, 0.4) is 0 Å². The van der Waals surface area contributed by atoms with Gasteiger partial charge >= 0.3 is 0 Å². The maximum atomic E-state index is 13.3. The molecule has 1 aromatic heterocycles. The zero-order valence-corrected chi connectivity index (χ0v) is 20.4. The molecule has 0 unspecified atom stereocenters. The Morgan fingerprint density at radius 1 is 1.18 bits per heavy atom. The second kappa shape index (κ2) is 10.1. The van der Waals surface area contributed by atoms with E-state index in [0.717, 1.165) is 25.7 Å². The normalized spacial score (nSPS) is 18.0. The Labute approximate surface area is 200 Å². The molecule has 0 radical (unpaired) electrons. The Morgan fingerprint density at radius 2 is 1.94 bits per heavy atom. The fourth-order valence-corrected chi connectivity index (χ4v) is 6.12. The zero-order chi connectivity index (χ0) is 24.3. The summed E-state index contributed by atoms with van der Waals surface area (Å²) in [4.78, 5) is 28.2. The predicted octanol–water partition coefficient (Wildman–Crippen LogP) is 3.70. The Balaban J connectivity index is 1.59. The number of amides is 1. The van der Waals surface area contributed by atoms with Crippen LogP contribution in [0.5, 0.6) is 0 Å². The number of hydrogen-bond donors (Lipinski definition) is 2. The number of aryl methyl sites for hydroxylation is 1. The molecule has 2 heterocycles. The molecular weight excluding hydrogens is 450 g/mol. The van der Waals surface area contributed by atoms with Gasteiger partial charge in [-0.3, -0.25) is 9.59 Å². The molecule has 0 spiro atoms. The van der Waals surface area contributed by atoms with Crippen LogP contribution in [0, 0.1) is 5.92 Å². The average molecular weight is 482 g/mol. The number of fused-ring (bicyclic) bond motifs is 1. The van der Waals surface area contributed by atoms with E-state index in [1.807, 2.05) is 44.2 Å². The van der Waals surface area contributed by atoms with Crippen molar-refractivity contribution in [1.82, 2.24) is 14.6 Å². The van der Waals surface area contributed by atoms with Crippen molar-refractivity contribution in [3.05, 3.63) is 76.1 Å². The highest BCUT2D eigenvalue weighted by Gasteiger charge is 2.29. The lowest BCUT2D eigenvalue weighted by molar-refractivity contribution is 0.0940. The molecule has 1 saturated heterocycles. The lowest BCUT2D eigenvalue weighted by atomic mass is 10.0. The molecule has 8 heteroatoms. The van der Waals surface area contributed by atoms with Gasteiger partial charge in [0, 0.05) is 36.1 Å². The minimum atomic E-state index is -3.69. The fraction of sp³-hybridized carbons (Fsp3) is 0.385. The molecule has 7 nitrogen and oxygen atoms in total. The van der Waals surface area contributed by atoms with Gasteiger partial charge in [-0.15, -0.1) is 0 Å². The van der Waals surface area contributed by atoms with Crippen molar-refractivity contribution >= 4 is 26.8 Å². The summed E-state index contributed by atoms with van der Waals surface area (Å²) in [5.41, 5.74) is 1.39. The lowest BCUT2D eigenvalue weighted by Gasteiger charge is -2.30. The summed E-state index contributed by atoms with van der Waals surface area (Å²) in [7, 11) is -3.69. The molecule has 4 rings (SSSR count). The average Bonchev–Trinajstić information content (AvgIpc) is 2.82. The number of aromatic nitrogens is 1. The van der Waals surface area contributed by atoms with E-state index in [-0.39, 0.29) is 16.5 Å². The number of nitrogens with zero attached hydrogens (tertiary/aromatic N) is 1. The number of pyridine rings is 1. The summed E-state index contributed by atoms with van der Waals surface area (Å²) in [6, 6.07) is 15.7. The molecular formula is C26H31N3O4S. The molecule has 1 amide bonds. The van der Waals surface area contributed by atoms with Gasteiger partial charge in [0.25, 0.3) is 5.91 Å². The first-order chi connectivity index (χ1) is 16.2. The summed E-state index contributed by atoms with van der Waals surface area (Å²) in [5.74, 6) is -0.0862. The van der Waals surface area contributed by atoms with Gasteiger partial charge < -0.3 is 10.3 Å². The number of carbonyl (C=O) groups excluding carboxylic acids is 1. The molecule has 34 heavy (non-hydrogen) atoms. The molecule has 2 atom stereocenters. The molecule has 3 aromatic rings. The smallest absolute Gasteiger partial charge is 0.252 e. The first-order valence-corrected chi connectivity index (χ1v) is 13.2. The quantitative estimate of drug-likeness (QED) is 0.537. The van der Waals surface area contributed by atoms with Crippen LogP contribution in [-0.2, 0) is 16.4 Å². The molecule has 2 aromatic carbocycles. The highest BCUT2D eigenvalue weighted by atomic mass is 32.2. The van der Waals surface area contributed by atoms with Crippen LogP contribution in [0.2, 0.25) is 0 Å². The minimum absolute atomic E-state index is 0.121. The Kier molecular flexibility index (Phi) is 7.19. The molecule has 1 aliphatic heterocycles. The van der Waals surface area contributed by atoms with E-state index in [1.165, 1.54) is 28.1 Å². The van der Waals surface area contributed by atoms with Gasteiger partial charge in [0.05, 0.1) is 10.5 Å². The van der Waals surface area contributed by atoms with E-state index in [4.69, 9.17) is 0 Å². The Hall–Kier alpha value is -2.97. The number of rotatable bonds is 7. The number of hydrogen-bond acceptors (Lipinski definition) is 4. The topological polar surface area (TPSA) is 99.3 Å². The second-order valence-corrected chi connectivity index (χ2v) is 11.2. The third-order valence-electron chi connectivity index (χ3n) is 6.40. The van der Waals surface area contributed by atoms with Gasteiger partial charge in [-0.2, -0.15) is 4.31 Å². The van der Waals surface area contributed by atoms with Crippen LogP contribution in [0.1, 0.15) is 49.0 Å². The van der Waals surface area contributed by atoms with Gasteiger partial charge in [0.1, 0.15) is 0 Å². The van der Waals surface area contributed by atoms with Crippen molar-refractivity contribution in [2.75, 3.05) is 13.1 Å². The first-order valence-electron chi connectivity index (χ1n) is 11.8. The van der Waals surface area contributed by atoms with Crippen molar-refractivity contribution in [2.45, 2.75) is 50.5 Å². The predicted molar refractivity (Wildman–Crippen MR) is 133 cm³/mol. The van der Waals surface area contributed by atoms with Crippen LogP contribution in [0.4, 0.5) is 0 Å². The van der Waals surface area contributed by atoms with E-state index < -0.39 is 21.5 Å². The standard InChI is InChI=1S/C26H31N3O4S/c1-18-7-6-14-29(17-18)34(32,33)21-12-13-24-22(15-21)23(16-25(30)28-24)26(31)27-19(2)10-11-20-8-4-3-5-9-20/h3-5,8-9,12-13,15-16,18-19H,6-7,10-11,14,17H2,1-2H3,(H,27,31)(H,28,30)/t18-,19-/m1/s1. The molecule has 180 valence electrons. The number of sulfonamides is 1. The van der Waals surface area contributed by atoms with Gasteiger partial charge in [-0.05, 0) is 62.3 Å². The van der Waals surface area contributed by atoms with Crippen molar-refractivity contribution in [3.8, 4) is 0 Å². The van der Waals surface area contributed by atoms with Crippen LogP contribution in [-0.4, -0.2) is 42.7 Å². The fourth-order valence-electron chi connectivity index (χ4n) is 4.50. The number of piperidine rings is 1. The third kappa shape index (κ3) is 5.39. The number of benzene rings is 2. The largest absolute Gasteiger partial charge is 0.350 e. The van der Waals surface area contributed by atoms with Crippen LogP contribution in [0.15, 0.2) is 64.3 Å². The Morgan fingerprint density at radius 3 is 2.68 bits per heavy atom. The lowest BCUT2D eigenvalue weighted by Crippen LogP contribution is -2.39. The monoisotopic (exact) mass is 481 g/mol. The summed E-state index contributed by atoms with van der Waals surface area (Å²) in [6.07, 6.45) is 3.40. The molecule has 0 saturated carbocycles. The molecule has 1 aliphatic rings. The van der Waals surface area contributed by atoms with E-state index in [1.54, 1.807) is 6.07 Å².